The van der Waals surface area contributed by atoms with Gasteiger partial charge < -0.3 is 18.8 Å². The molecule has 1 atom stereocenters. The van der Waals surface area contributed by atoms with Crippen molar-refractivity contribution in [3.8, 4) is 0 Å². The lowest BCUT2D eigenvalue weighted by molar-refractivity contribution is -0.130. The Bertz CT molecular complexity index is 1010. The van der Waals surface area contributed by atoms with Gasteiger partial charge in [-0.15, -0.1) is 0 Å². The molecule has 3 heterocycles. The highest BCUT2D eigenvalue weighted by Gasteiger charge is 2.44. The van der Waals surface area contributed by atoms with E-state index >= 15 is 0 Å². The smallest absolute Gasteiger partial charge is 0.290 e. The van der Waals surface area contributed by atoms with Crippen molar-refractivity contribution in [1.82, 2.24) is 4.90 Å². The van der Waals surface area contributed by atoms with E-state index in [-0.39, 0.29) is 17.9 Å². The van der Waals surface area contributed by atoms with Gasteiger partial charge in [-0.05, 0) is 36.8 Å². The van der Waals surface area contributed by atoms with Crippen LogP contribution < -0.4 is 0 Å². The maximum absolute atomic E-state index is 13.0. The molecule has 1 N–H and O–H groups in total. The average molecular weight is 363 g/mol. The number of carbonyl (C=O) groups excluding carboxylic acids is 2. The van der Waals surface area contributed by atoms with Crippen LogP contribution in [-0.4, -0.2) is 21.7 Å². The first-order chi connectivity index (χ1) is 13.1. The highest BCUT2D eigenvalue weighted by Crippen LogP contribution is 2.40. The highest BCUT2D eigenvalue weighted by molar-refractivity contribution is 6.15. The molecule has 0 saturated heterocycles. The molecule has 0 saturated carbocycles. The molecule has 1 aromatic carbocycles. The number of furan rings is 2. The van der Waals surface area contributed by atoms with E-state index < -0.39 is 23.5 Å². The second-order valence-corrected chi connectivity index (χ2v) is 6.33. The molecular weight excluding hydrogens is 346 g/mol. The van der Waals surface area contributed by atoms with Crippen molar-refractivity contribution < 1.29 is 23.5 Å². The van der Waals surface area contributed by atoms with Gasteiger partial charge in [-0.25, -0.2) is 0 Å². The third-order valence-corrected chi connectivity index (χ3v) is 4.53. The molecule has 1 amide bonds. The topological polar surface area (TPSA) is 83.9 Å². The highest BCUT2D eigenvalue weighted by atomic mass is 16.3. The number of nitrogens with zero attached hydrogens (tertiary/aromatic N) is 1. The van der Waals surface area contributed by atoms with Gasteiger partial charge in [0.05, 0.1) is 24.4 Å². The second kappa shape index (κ2) is 6.64. The largest absolute Gasteiger partial charge is 0.503 e. The number of benzene rings is 1. The van der Waals surface area contributed by atoms with Gasteiger partial charge in [-0.1, -0.05) is 30.3 Å². The summed E-state index contributed by atoms with van der Waals surface area (Å²) >= 11 is 0. The monoisotopic (exact) mass is 363 g/mol. The van der Waals surface area contributed by atoms with Crippen LogP contribution in [0.15, 0.2) is 81.0 Å². The fourth-order valence-corrected chi connectivity index (χ4v) is 3.29. The van der Waals surface area contributed by atoms with E-state index in [0.717, 1.165) is 0 Å². The van der Waals surface area contributed by atoms with E-state index in [4.69, 9.17) is 8.83 Å². The first-order valence-electron chi connectivity index (χ1n) is 8.49. The summed E-state index contributed by atoms with van der Waals surface area (Å²) in [6, 6.07) is 15.0. The van der Waals surface area contributed by atoms with Gasteiger partial charge in [0.1, 0.15) is 11.5 Å². The summed E-state index contributed by atoms with van der Waals surface area (Å²) in [6.45, 7) is 1.85. The van der Waals surface area contributed by atoms with Crippen molar-refractivity contribution in [2.75, 3.05) is 0 Å². The molecule has 4 rings (SSSR count). The SMILES string of the molecule is Cc1ccc(C(=O)C2=C(O)C(=O)N(Cc3ccco3)C2c2ccccc2)o1. The average Bonchev–Trinajstić information content (AvgIpc) is 3.39. The number of carbonyl (C=O) groups is 2. The Hall–Kier alpha value is -3.54. The minimum Gasteiger partial charge on any atom is -0.503 e. The van der Waals surface area contributed by atoms with Crippen molar-refractivity contribution >= 4 is 11.7 Å². The Kier molecular flexibility index (Phi) is 4.16. The van der Waals surface area contributed by atoms with Crippen molar-refractivity contribution in [2.24, 2.45) is 0 Å². The van der Waals surface area contributed by atoms with E-state index in [1.165, 1.54) is 11.2 Å². The lowest BCUT2D eigenvalue weighted by Crippen LogP contribution is -2.30. The maximum Gasteiger partial charge on any atom is 0.290 e. The molecule has 27 heavy (non-hydrogen) atoms. The van der Waals surface area contributed by atoms with Crippen LogP contribution in [0, 0.1) is 6.92 Å². The van der Waals surface area contributed by atoms with Crippen LogP contribution in [0.3, 0.4) is 0 Å². The molecule has 0 spiro atoms. The number of aliphatic hydroxyl groups is 1. The molecule has 136 valence electrons. The zero-order valence-electron chi connectivity index (χ0n) is 14.6. The molecule has 2 aromatic heterocycles. The van der Waals surface area contributed by atoms with Crippen LogP contribution in [0.1, 0.15) is 33.7 Å². The zero-order chi connectivity index (χ0) is 19.0. The van der Waals surface area contributed by atoms with Crippen molar-refractivity contribution in [3.63, 3.8) is 0 Å². The summed E-state index contributed by atoms with van der Waals surface area (Å²) in [7, 11) is 0. The Morgan fingerprint density at radius 2 is 1.89 bits per heavy atom. The van der Waals surface area contributed by atoms with Gasteiger partial charge in [0, 0.05) is 0 Å². The Balaban J connectivity index is 1.79. The maximum atomic E-state index is 13.0. The molecule has 0 bridgehead atoms. The van der Waals surface area contributed by atoms with Gasteiger partial charge in [-0.3, -0.25) is 9.59 Å². The summed E-state index contributed by atoms with van der Waals surface area (Å²) in [5.74, 6) is -0.472. The fourth-order valence-electron chi connectivity index (χ4n) is 3.29. The molecule has 0 fully saturated rings. The van der Waals surface area contributed by atoms with Crippen LogP contribution in [0.4, 0.5) is 0 Å². The van der Waals surface area contributed by atoms with E-state index in [0.29, 0.717) is 17.1 Å². The standard InChI is InChI=1S/C21H17NO5/c1-13-9-10-16(27-13)19(23)17-18(14-6-3-2-4-7-14)22(21(25)20(17)24)12-15-8-5-11-26-15/h2-11,18,24H,12H2,1H3. The first-order valence-corrected chi connectivity index (χ1v) is 8.49. The normalized spacial score (nSPS) is 17.0. The van der Waals surface area contributed by atoms with Gasteiger partial charge in [0.2, 0.25) is 5.78 Å². The number of Topliss-reactive ketones (excluding diaryl/α,β-unsaturated/α-hetero) is 1. The molecule has 6 nitrogen and oxygen atoms in total. The molecule has 0 aliphatic carbocycles. The number of aryl methyl sites for hydroxylation is 1. The van der Waals surface area contributed by atoms with Crippen molar-refractivity contribution in [2.45, 2.75) is 19.5 Å². The minimum absolute atomic E-state index is 0.00658. The predicted octanol–water partition coefficient (Wildman–Crippen LogP) is 3.96. The zero-order valence-corrected chi connectivity index (χ0v) is 14.6. The predicted molar refractivity (Wildman–Crippen MR) is 95.9 cm³/mol. The summed E-state index contributed by atoms with van der Waals surface area (Å²) in [5, 5.41) is 10.5. The summed E-state index contributed by atoms with van der Waals surface area (Å²) in [5.41, 5.74) is 0.722. The summed E-state index contributed by atoms with van der Waals surface area (Å²) in [6.07, 6.45) is 1.51. The number of amides is 1. The Morgan fingerprint density at radius 3 is 2.52 bits per heavy atom. The number of rotatable bonds is 5. The summed E-state index contributed by atoms with van der Waals surface area (Å²) < 4.78 is 10.8. The molecule has 1 unspecified atom stereocenters. The second-order valence-electron chi connectivity index (χ2n) is 6.33. The number of hydrogen-bond donors (Lipinski definition) is 1. The van der Waals surface area contributed by atoms with E-state index in [1.54, 1.807) is 31.2 Å². The van der Waals surface area contributed by atoms with Crippen LogP contribution in [0.25, 0.3) is 0 Å². The van der Waals surface area contributed by atoms with E-state index in [9.17, 15) is 14.7 Å². The van der Waals surface area contributed by atoms with Crippen LogP contribution in [0.5, 0.6) is 0 Å². The summed E-state index contributed by atoms with van der Waals surface area (Å²) in [4.78, 5) is 27.2. The first kappa shape index (κ1) is 16.9. The van der Waals surface area contributed by atoms with Crippen LogP contribution >= 0.6 is 0 Å². The van der Waals surface area contributed by atoms with Gasteiger partial charge in [-0.2, -0.15) is 0 Å². The van der Waals surface area contributed by atoms with Gasteiger partial charge in [0.15, 0.2) is 11.5 Å². The minimum atomic E-state index is -0.735. The lowest BCUT2D eigenvalue weighted by atomic mass is 9.95. The third kappa shape index (κ3) is 2.95. The number of ketones is 1. The molecular formula is C21H17NO5. The number of aliphatic hydroxyl groups excluding tert-OH is 1. The van der Waals surface area contributed by atoms with Gasteiger partial charge >= 0.3 is 0 Å². The van der Waals surface area contributed by atoms with Crippen molar-refractivity contribution in [3.05, 3.63) is 95.0 Å². The molecule has 1 aliphatic rings. The molecule has 1 aliphatic heterocycles. The van der Waals surface area contributed by atoms with E-state index in [2.05, 4.69) is 0 Å². The number of hydrogen-bond acceptors (Lipinski definition) is 5. The Morgan fingerprint density at radius 1 is 1.11 bits per heavy atom. The van der Waals surface area contributed by atoms with E-state index in [1.807, 2.05) is 30.3 Å². The third-order valence-electron chi connectivity index (χ3n) is 4.53. The van der Waals surface area contributed by atoms with Crippen LogP contribution in [-0.2, 0) is 11.3 Å². The fraction of sp³-hybridized carbons (Fsp3) is 0.143. The quantitative estimate of drug-likeness (QED) is 0.694. The van der Waals surface area contributed by atoms with Crippen molar-refractivity contribution in [1.29, 1.82) is 0 Å². The molecule has 0 radical (unpaired) electrons. The lowest BCUT2D eigenvalue weighted by Gasteiger charge is -2.25. The molecule has 6 heteroatoms. The Labute approximate surface area is 155 Å². The van der Waals surface area contributed by atoms with Crippen LogP contribution in [0.2, 0.25) is 0 Å². The molecule has 3 aromatic rings. The van der Waals surface area contributed by atoms with Gasteiger partial charge in [0.25, 0.3) is 5.91 Å².